The number of hydrogen-bond donors (Lipinski definition) is 1. The number of hydrogen-bond acceptors (Lipinski definition) is 6. The molecule has 7 nitrogen and oxygen atoms in total. The molecule has 1 atom stereocenters. The molecule has 27 heavy (non-hydrogen) atoms. The lowest BCUT2D eigenvalue weighted by molar-refractivity contribution is -0.149. The number of aryl methyl sites for hydroxylation is 2. The summed E-state index contributed by atoms with van der Waals surface area (Å²) in [6.45, 7) is 4.84. The van der Waals surface area contributed by atoms with Crippen molar-refractivity contribution in [1.29, 1.82) is 0 Å². The molecule has 0 saturated carbocycles. The molecule has 0 unspecified atom stereocenters. The van der Waals surface area contributed by atoms with Crippen LogP contribution in [-0.4, -0.2) is 33.6 Å². The molecule has 0 aromatic heterocycles. The molecular weight excluding hydrogens is 370 g/mol. The van der Waals surface area contributed by atoms with Gasteiger partial charge in [0.2, 0.25) is 0 Å². The summed E-state index contributed by atoms with van der Waals surface area (Å²) >= 11 is 0. The maximum absolute atomic E-state index is 12.7. The number of methoxy groups -OCH3 is 1. The molecule has 0 saturated heterocycles. The minimum absolute atomic E-state index is 0.0148. The third-order valence-electron chi connectivity index (χ3n) is 3.80. The number of rotatable bonds is 6. The summed E-state index contributed by atoms with van der Waals surface area (Å²) in [4.78, 5) is 23.6. The number of benzene rings is 2. The Bertz CT molecular complexity index is 968. The number of carbonyl (C=O) groups excluding carboxylic acids is 2. The molecule has 0 amide bonds. The highest BCUT2D eigenvalue weighted by molar-refractivity contribution is 7.92. The smallest absolute Gasteiger partial charge is 0.346 e. The maximum Gasteiger partial charge on any atom is 0.346 e. The quantitative estimate of drug-likeness (QED) is 0.760. The first kappa shape index (κ1) is 20.4. The molecule has 2 aromatic rings. The summed E-state index contributed by atoms with van der Waals surface area (Å²) in [5, 5.41) is 0. The summed E-state index contributed by atoms with van der Waals surface area (Å²) in [5.74, 6) is -1.52. The van der Waals surface area contributed by atoms with E-state index in [1.807, 2.05) is 13.0 Å². The molecule has 2 rings (SSSR count). The number of anilines is 1. The van der Waals surface area contributed by atoms with Crippen molar-refractivity contribution in [1.82, 2.24) is 0 Å². The van der Waals surface area contributed by atoms with Crippen LogP contribution in [0.15, 0.2) is 47.4 Å². The molecule has 0 bridgehead atoms. The zero-order chi connectivity index (χ0) is 20.2. The fourth-order valence-corrected chi connectivity index (χ4v) is 3.70. The first-order chi connectivity index (χ1) is 12.6. The third kappa shape index (κ3) is 5.07. The largest absolute Gasteiger partial charge is 0.466 e. The fraction of sp³-hybridized carbons (Fsp3) is 0.263. The molecule has 0 aliphatic heterocycles. The van der Waals surface area contributed by atoms with E-state index in [0.29, 0.717) is 11.3 Å². The van der Waals surface area contributed by atoms with E-state index in [2.05, 4.69) is 9.46 Å². The zero-order valence-electron chi connectivity index (χ0n) is 15.5. The third-order valence-corrected chi connectivity index (χ3v) is 5.32. The number of ether oxygens (including phenoxy) is 2. The summed E-state index contributed by atoms with van der Waals surface area (Å²) in [5.41, 5.74) is 1.80. The molecule has 0 aliphatic rings. The first-order valence-corrected chi connectivity index (χ1v) is 9.61. The highest BCUT2D eigenvalue weighted by Crippen LogP contribution is 2.22. The van der Waals surface area contributed by atoms with Gasteiger partial charge in [0.25, 0.3) is 10.0 Å². The first-order valence-electron chi connectivity index (χ1n) is 8.13. The molecule has 0 fully saturated rings. The van der Waals surface area contributed by atoms with Crippen LogP contribution in [0.2, 0.25) is 0 Å². The van der Waals surface area contributed by atoms with Crippen LogP contribution in [0.25, 0.3) is 0 Å². The number of esters is 2. The van der Waals surface area contributed by atoms with Crippen LogP contribution in [0.5, 0.6) is 0 Å². The minimum atomic E-state index is -3.92. The number of sulfonamides is 1. The van der Waals surface area contributed by atoms with Crippen LogP contribution in [0.3, 0.4) is 0 Å². The highest BCUT2D eigenvalue weighted by Gasteiger charge is 2.23. The van der Waals surface area contributed by atoms with Crippen LogP contribution >= 0.6 is 0 Å². The normalized spacial score (nSPS) is 12.1. The van der Waals surface area contributed by atoms with E-state index in [1.54, 1.807) is 25.1 Å². The zero-order valence-corrected chi connectivity index (χ0v) is 16.3. The molecule has 0 radical (unpaired) electrons. The molecule has 0 aliphatic carbocycles. The second-order valence-corrected chi connectivity index (χ2v) is 7.68. The van der Waals surface area contributed by atoms with E-state index in [-0.39, 0.29) is 10.5 Å². The Morgan fingerprint density at radius 1 is 1.07 bits per heavy atom. The number of nitrogens with one attached hydrogen (secondary N) is 1. The Labute approximate surface area is 158 Å². The molecule has 2 aromatic carbocycles. The van der Waals surface area contributed by atoms with E-state index in [9.17, 15) is 18.0 Å². The van der Waals surface area contributed by atoms with Crippen molar-refractivity contribution in [3.8, 4) is 0 Å². The Kier molecular flexibility index (Phi) is 6.22. The van der Waals surface area contributed by atoms with Crippen LogP contribution in [-0.2, 0) is 24.3 Å². The maximum atomic E-state index is 12.7. The van der Waals surface area contributed by atoms with Gasteiger partial charge in [0.1, 0.15) is 0 Å². The van der Waals surface area contributed by atoms with Crippen molar-refractivity contribution in [2.75, 3.05) is 11.8 Å². The van der Waals surface area contributed by atoms with Gasteiger partial charge < -0.3 is 9.47 Å². The van der Waals surface area contributed by atoms with Crippen LogP contribution < -0.4 is 4.72 Å². The van der Waals surface area contributed by atoms with Crippen LogP contribution in [0.4, 0.5) is 5.69 Å². The lowest BCUT2D eigenvalue weighted by atomic mass is 10.1. The molecule has 0 spiro atoms. The second kappa shape index (κ2) is 8.22. The van der Waals surface area contributed by atoms with Crippen molar-refractivity contribution in [2.24, 2.45) is 0 Å². The monoisotopic (exact) mass is 391 g/mol. The van der Waals surface area contributed by atoms with Crippen molar-refractivity contribution in [3.63, 3.8) is 0 Å². The average molecular weight is 391 g/mol. The highest BCUT2D eigenvalue weighted by atomic mass is 32.2. The van der Waals surface area contributed by atoms with Crippen molar-refractivity contribution in [3.05, 3.63) is 59.2 Å². The molecular formula is C19H21NO6S. The Morgan fingerprint density at radius 3 is 2.41 bits per heavy atom. The van der Waals surface area contributed by atoms with E-state index in [0.717, 1.165) is 5.56 Å². The van der Waals surface area contributed by atoms with Crippen molar-refractivity contribution >= 4 is 27.6 Å². The van der Waals surface area contributed by atoms with Gasteiger partial charge in [0, 0.05) is 5.69 Å². The number of carbonyl (C=O) groups is 2. The van der Waals surface area contributed by atoms with Gasteiger partial charge in [0.05, 0.1) is 17.6 Å². The predicted octanol–water partition coefficient (Wildman–Crippen LogP) is 2.82. The van der Waals surface area contributed by atoms with Crippen molar-refractivity contribution < 1.29 is 27.5 Å². The molecule has 1 N–H and O–H groups in total. The lowest BCUT2D eigenvalue weighted by Gasteiger charge is -2.14. The van der Waals surface area contributed by atoms with Gasteiger partial charge in [-0.05, 0) is 56.2 Å². The Hall–Kier alpha value is -2.87. The van der Waals surface area contributed by atoms with Gasteiger partial charge in [-0.15, -0.1) is 0 Å². The second-order valence-electron chi connectivity index (χ2n) is 6.03. The van der Waals surface area contributed by atoms with E-state index >= 15 is 0 Å². The Balaban J connectivity index is 2.30. The standard InChI is InChI=1S/C19H21NO6S/c1-12-6-5-7-16(10-12)20-27(23,24)17-11-15(9-8-13(17)2)19(22)26-14(3)18(21)25-4/h5-11,14,20H,1-4H3/t14-/m1/s1. The van der Waals surface area contributed by atoms with E-state index < -0.39 is 28.1 Å². The molecule has 8 heteroatoms. The summed E-state index contributed by atoms with van der Waals surface area (Å²) in [7, 11) is -2.73. The van der Waals surface area contributed by atoms with Gasteiger partial charge in [-0.1, -0.05) is 18.2 Å². The van der Waals surface area contributed by atoms with Gasteiger partial charge in [-0.25, -0.2) is 18.0 Å². The average Bonchev–Trinajstić information content (AvgIpc) is 2.60. The topological polar surface area (TPSA) is 98.8 Å². The molecule has 0 heterocycles. The van der Waals surface area contributed by atoms with Crippen LogP contribution in [0, 0.1) is 13.8 Å². The fourth-order valence-electron chi connectivity index (χ4n) is 2.38. The SMILES string of the molecule is COC(=O)[C@@H](C)OC(=O)c1ccc(C)c(S(=O)(=O)Nc2cccc(C)c2)c1. The minimum Gasteiger partial charge on any atom is -0.466 e. The lowest BCUT2D eigenvalue weighted by Crippen LogP contribution is -2.25. The van der Waals surface area contributed by atoms with Gasteiger partial charge in [-0.3, -0.25) is 4.72 Å². The summed E-state index contributed by atoms with van der Waals surface area (Å²) < 4.78 is 37.5. The van der Waals surface area contributed by atoms with E-state index in [1.165, 1.54) is 32.2 Å². The van der Waals surface area contributed by atoms with Gasteiger partial charge in [-0.2, -0.15) is 0 Å². The van der Waals surface area contributed by atoms with Gasteiger partial charge in [0.15, 0.2) is 6.10 Å². The summed E-state index contributed by atoms with van der Waals surface area (Å²) in [6, 6.07) is 11.1. The van der Waals surface area contributed by atoms with Gasteiger partial charge >= 0.3 is 11.9 Å². The predicted molar refractivity (Wildman–Crippen MR) is 100 cm³/mol. The van der Waals surface area contributed by atoms with Crippen molar-refractivity contribution in [2.45, 2.75) is 31.8 Å². The van der Waals surface area contributed by atoms with E-state index in [4.69, 9.17) is 4.74 Å². The summed E-state index contributed by atoms with van der Waals surface area (Å²) in [6.07, 6.45) is -1.10. The van der Waals surface area contributed by atoms with Crippen LogP contribution in [0.1, 0.15) is 28.4 Å². The Morgan fingerprint density at radius 2 is 1.78 bits per heavy atom. The molecule has 144 valence electrons.